The average molecular weight is 430 g/mol. The molecule has 0 amide bonds. The number of carbonyl (C=O) groups is 1. The second-order valence-corrected chi connectivity index (χ2v) is 8.55. The van der Waals surface area contributed by atoms with Crippen LogP contribution in [0.15, 0.2) is 60.7 Å². The highest BCUT2D eigenvalue weighted by molar-refractivity contribution is 5.69. The van der Waals surface area contributed by atoms with E-state index in [0.29, 0.717) is 13.0 Å². The van der Waals surface area contributed by atoms with Crippen molar-refractivity contribution in [3.8, 4) is 16.9 Å². The molecular formula is C28H31NO3. The van der Waals surface area contributed by atoms with Gasteiger partial charge in [-0.05, 0) is 78.2 Å². The molecule has 1 unspecified atom stereocenters. The van der Waals surface area contributed by atoms with Crippen LogP contribution in [0.4, 0.5) is 0 Å². The van der Waals surface area contributed by atoms with Crippen LogP contribution < -0.4 is 10.1 Å². The summed E-state index contributed by atoms with van der Waals surface area (Å²) in [5.41, 5.74) is 8.71. The largest absolute Gasteiger partial charge is 0.489 e. The van der Waals surface area contributed by atoms with Crippen LogP contribution in [-0.2, 0) is 24.2 Å². The summed E-state index contributed by atoms with van der Waals surface area (Å²) in [5.74, 6) is 0.140. The van der Waals surface area contributed by atoms with E-state index in [4.69, 9.17) is 9.84 Å². The molecule has 0 aromatic heterocycles. The fourth-order valence-corrected chi connectivity index (χ4v) is 4.53. The Bertz CT molecular complexity index is 1110. The van der Waals surface area contributed by atoms with Crippen LogP contribution in [0.3, 0.4) is 0 Å². The predicted molar refractivity (Wildman–Crippen MR) is 128 cm³/mol. The maximum absolute atomic E-state index is 10.9. The van der Waals surface area contributed by atoms with Gasteiger partial charge >= 0.3 is 5.97 Å². The summed E-state index contributed by atoms with van der Waals surface area (Å²) < 4.78 is 6.15. The molecule has 0 saturated carbocycles. The van der Waals surface area contributed by atoms with Gasteiger partial charge < -0.3 is 15.2 Å². The molecule has 0 saturated heterocycles. The van der Waals surface area contributed by atoms with Gasteiger partial charge in [0.1, 0.15) is 12.4 Å². The number of fused-ring (bicyclic) bond motifs is 1. The molecule has 32 heavy (non-hydrogen) atoms. The number of ether oxygens (including phenoxy) is 1. The Morgan fingerprint density at radius 3 is 2.78 bits per heavy atom. The highest BCUT2D eigenvalue weighted by Crippen LogP contribution is 2.30. The maximum Gasteiger partial charge on any atom is 0.303 e. The van der Waals surface area contributed by atoms with Crippen LogP contribution >= 0.6 is 0 Å². The third-order valence-electron chi connectivity index (χ3n) is 6.21. The molecule has 0 fully saturated rings. The Hall–Kier alpha value is -3.11. The molecule has 2 N–H and O–H groups in total. The maximum atomic E-state index is 10.9. The Morgan fingerprint density at radius 2 is 2.00 bits per heavy atom. The first-order valence-electron chi connectivity index (χ1n) is 11.4. The number of hydrogen-bond acceptors (Lipinski definition) is 3. The fourth-order valence-electron chi connectivity index (χ4n) is 4.53. The zero-order valence-corrected chi connectivity index (χ0v) is 18.9. The topological polar surface area (TPSA) is 58.6 Å². The Balaban J connectivity index is 1.46. The summed E-state index contributed by atoms with van der Waals surface area (Å²) in [4.78, 5) is 10.9. The Morgan fingerprint density at radius 1 is 1.12 bits per heavy atom. The van der Waals surface area contributed by atoms with Gasteiger partial charge in [0.15, 0.2) is 0 Å². The van der Waals surface area contributed by atoms with Gasteiger partial charge in [0.25, 0.3) is 0 Å². The zero-order chi connectivity index (χ0) is 22.5. The van der Waals surface area contributed by atoms with Crippen molar-refractivity contribution in [3.05, 3.63) is 88.5 Å². The molecule has 1 aliphatic rings. The van der Waals surface area contributed by atoms with E-state index in [-0.39, 0.29) is 12.5 Å². The smallest absolute Gasteiger partial charge is 0.303 e. The van der Waals surface area contributed by atoms with Crippen molar-refractivity contribution in [2.75, 3.05) is 6.54 Å². The number of aliphatic carboxylic acids is 1. The summed E-state index contributed by atoms with van der Waals surface area (Å²) >= 11 is 0. The number of rotatable bonds is 8. The summed E-state index contributed by atoms with van der Waals surface area (Å²) in [7, 11) is 0. The number of benzene rings is 3. The quantitative estimate of drug-likeness (QED) is 0.471. The Labute approximate surface area is 190 Å². The lowest BCUT2D eigenvalue weighted by Crippen LogP contribution is -2.30. The summed E-state index contributed by atoms with van der Waals surface area (Å²) in [6, 6.07) is 21.5. The predicted octanol–water partition coefficient (Wildman–Crippen LogP) is 5.86. The van der Waals surface area contributed by atoms with Crippen molar-refractivity contribution in [2.45, 2.75) is 52.2 Å². The molecule has 166 valence electrons. The molecule has 0 spiro atoms. The van der Waals surface area contributed by atoms with Gasteiger partial charge in [0, 0.05) is 12.5 Å². The number of nitrogens with one attached hydrogen (secondary N) is 1. The van der Waals surface area contributed by atoms with Crippen molar-refractivity contribution in [3.63, 3.8) is 0 Å². The molecule has 4 rings (SSSR count). The number of carboxylic acid groups (broad SMARTS) is 1. The monoisotopic (exact) mass is 429 g/mol. The molecule has 3 aromatic carbocycles. The van der Waals surface area contributed by atoms with E-state index in [0.717, 1.165) is 30.7 Å². The van der Waals surface area contributed by atoms with E-state index in [1.807, 2.05) is 0 Å². The lowest BCUT2D eigenvalue weighted by Gasteiger charge is -2.27. The van der Waals surface area contributed by atoms with Crippen molar-refractivity contribution >= 4 is 5.97 Å². The van der Waals surface area contributed by atoms with Gasteiger partial charge in [-0.1, -0.05) is 61.0 Å². The summed E-state index contributed by atoms with van der Waals surface area (Å²) in [5, 5.41) is 12.4. The molecule has 1 heterocycles. The first-order valence-corrected chi connectivity index (χ1v) is 11.4. The van der Waals surface area contributed by atoms with Gasteiger partial charge in [-0.15, -0.1) is 0 Å². The molecule has 3 aromatic rings. The second-order valence-electron chi connectivity index (χ2n) is 8.55. The minimum absolute atomic E-state index is 0.117. The highest BCUT2D eigenvalue weighted by atomic mass is 16.5. The van der Waals surface area contributed by atoms with Crippen LogP contribution in [0.1, 0.15) is 53.6 Å². The molecule has 0 aliphatic carbocycles. The fraction of sp³-hybridized carbons (Fsp3) is 0.321. The van der Waals surface area contributed by atoms with Crippen LogP contribution in [0.5, 0.6) is 5.75 Å². The lowest BCUT2D eigenvalue weighted by atomic mass is 9.90. The average Bonchev–Trinajstić information content (AvgIpc) is 2.80. The number of hydrogen-bond donors (Lipinski definition) is 2. The molecule has 4 nitrogen and oxygen atoms in total. The first kappa shape index (κ1) is 22.1. The van der Waals surface area contributed by atoms with E-state index < -0.39 is 5.97 Å². The first-order chi connectivity index (χ1) is 15.5. The minimum atomic E-state index is -0.746. The summed E-state index contributed by atoms with van der Waals surface area (Å²) in [6.07, 6.45) is 2.70. The van der Waals surface area contributed by atoms with Crippen LogP contribution in [-0.4, -0.2) is 17.6 Å². The molecule has 0 radical (unpaired) electrons. The third kappa shape index (κ3) is 5.20. The number of carboxylic acids is 1. The van der Waals surface area contributed by atoms with Crippen LogP contribution in [0.2, 0.25) is 0 Å². The normalized spacial score (nSPS) is 15.2. The van der Waals surface area contributed by atoms with Gasteiger partial charge in [0.2, 0.25) is 0 Å². The van der Waals surface area contributed by atoms with Crippen molar-refractivity contribution in [1.29, 1.82) is 0 Å². The van der Waals surface area contributed by atoms with E-state index in [9.17, 15) is 4.79 Å². The van der Waals surface area contributed by atoms with Crippen LogP contribution in [0.25, 0.3) is 11.1 Å². The molecule has 0 bridgehead atoms. The minimum Gasteiger partial charge on any atom is -0.489 e. The standard InChI is InChI=1S/C28H31NO3/c1-3-21-17-24(8-10-25(21)22-6-4-5-19(2)15-22)32-18-20-7-9-26-23(16-20)13-14-29-27(26)11-12-28(30)31/h4-10,15-17,27,29H,3,11-14,18H2,1-2H3,(H,30,31). The van der Waals surface area contributed by atoms with E-state index in [1.54, 1.807) is 0 Å². The summed E-state index contributed by atoms with van der Waals surface area (Å²) in [6.45, 7) is 5.70. The van der Waals surface area contributed by atoms with Crippen molar-refractivity contribution in [1.82, 2.24) is 5.32 Å². The van der Waals surface area contributed by atoms with Crippen molar-refractivity contribution in [2.24, 2.45) is 0 Å². The van der Waals surface area contributed by atoms with E-state index in [2.05, 4.69) is 79.8 Å². The molecule has 1 aliphatic heterocycles. The molecule has 4 heteroatoms. The van der Waals surface area contributed by atoms with Gasteiger partial charge in [-0.3, -0.25) is 4.79 Å². The molecular weight excluding hydrogens is 398 g/mol. The Kier molecular flexibility index (Phi) is 6.91. The highest BCUT2D eigenvalue weighted by Gasteiger charge is 2.20. The van der Waals surface area contributed by atoms with E-state index in [1.165, 1.54) is 33.4 Å². The van der Waals surface area contributed by atoms with Gasteiger partial charge in [0.05, 0.1) is 0 Å². The zero-order valence-electron chi connectivity index (χ0n) is 18.9. The lowest BCUT2D eigenvalue weighted by molar-refractivity contribution is -0.137. The van der Waals surface area contributed by atoms with Crippen LogP contribution in [0, 0.1) is 6.92 Å². The number of aryl methyl sites for hydroxylation is 2. The van der Waals surface area contributed by atoms with Crippen molar-refractivity contribution < 1.29 is 14.6 Å². The van der Waals surface area contributed by atoms with Gasteiger partial charge in [-0.25, -0.2) is 0 Å². The third-order valence-corrected chi connectivity index (χ3v) is 6.21. The second kappa shape index (κ2) is 10.0. The molecule has 1 atom stereocenters. The van der Waals surface area contributed by atoms with E-state index >= 15 is 0 Å². The van der Waals surface area contributed by atoms with Gasteiger partial charge in [-0.2, -0.15) is 0 Å². The SMILES string of the molecule is CCc1cc(OCc2ccc3c(c2)CCNC3CCC(=O)O)ccc1-c1cccc(C)c1.